The smallest absolute Gasteiger partial charge is 0.326 e. The van der Waals surface area contributed by atoms with Gasteiger partial charge in [0.2, 0.25) is 27.7 Å². The quantitative estimate of drug-likeness (QED) is 0.352. The number of carbonyl (C=O) groups excluding carboxylic acids is 3. The molecule has 5 N–H and O–H groups in total. The molecule has 1 saturated heterocycles. The zero-order chi connectivity index (χ0) is 25.6. The summed E-state index contributed by atoms with van der Waals surface area (Å²) in [6.07, 6.45) is 0.0294. The molecular formula is C22H32N4O7S. The molecule has 1 aromatic carbocycles. The third kappa shape index (κ3) is 7.26. The molecule has 1 aliphatic rings. The minimum absolute atomic E-state index is 0.0656. The molecule has 0 aliphatic carbocycles. The number of sulfonamides is 1. The Kier molecular flexibility index (Phi) is 9.16. The number of aryl methyl sites for hydroxylation is 1. The molecule has 0 aromatic heterocycles. The second kappa shape index (κ2) is 11.4. The monoisotopic (exact) mass is 496 g/mol. The molecule has 12 heteroatoms. The third-order valence-corrected chi connectivity index (χ3v) is 7.20. The summed E-state index contributed by atoms with van der Waals surface area (Å²) in [6.45, 7) is 5.74. The van der Waals surface area contributed by atoms with Crippen LogP contribution in [0.15, 0.2) is 29.2 Å². The maximum Gasteiger partial charge on any atom is 0.326 e. The highest BCUT2D eigenvalue weighted by Crippen LogP contribution is 2.21. The number of carbonyl (C=O) groups is 4. The zero-order valence-electron chi connectivity index (χ0n) is 19.5. The SMILES string of the molecule is Cc1ccc(S(=O)(=O)NC(C(=O)N2CCC(C(=O)NC(CC(N)=O)C(=O)O)CC2)C(C)C)cc1. The fourth-order valence-corrected chi connectivity index (χ4v) is 5.01. The Bertz CT molecular complexity index is 1020. The van der Waals surface area contributed by atoms with E-state index in [0.29, 0.717) is 0 Å². The highest BCUT2D eigenvalue weighted by molar-refractivity contribution is 7.89. The van der Waals surface area contributed by atoms with E-state index in [9.17, 15) is 27.6 Å². The first kappa shape index (κ1) is 27.3. The Hall–Kier alpha value is -2.99. The normalized spacial score (nSPS) is 16.6. The number of carboxylic acid groups (broad SMARTS) is 1. The van der Waals surface area contributed by atoms with E-state index < -0.39 is 52.2 Å². The van der Waals surface area contributed by atoms with E-state index in [4.69, 9.17) is 10.8 Å². The number of hydrogen-bond acceptors (Lipinski definition) is 6. The van der Waals surface area contributed by atoms with Gasteiger partial charge in [-0.2, -0.15) is 4.72 Å². The molecule has 11 nitrogen and oxygen atoms in total. The second-order valence-electron chi connectivity index (χ2n) is 8.83. The molecule has 2 unspecified atom stereocenters. The van der Waals surface area contributed by atoms with Crippen LogP contribution in [0.1, 0.15) is 38.7 Å². The van der Waals surface area contributed by atoms with E-state index in [0.717, 1.165) is 5.56 Å². The summed E-state index contributed by atoms with van der Waals surface area (Å²) in [7, 11) is -3.92. The van der Waals surface area contributed by atoms with E-state index in [2.05, 4.69) is 10.0 Å². The van der Waals surface area contributed by atoms with Crippen LogP contribution >= 0.6 is 0 Å². The number of benzene rings is 1. The van der Waals surface area contributed by atoms with Crippen LogP contribution in [0.4, 0.5) is 0 Å². The summed E-state index contributed by atoms with van der Waals surface area (Å²) in [4.78, 5) is 49.4. The number of piperidine rings is 1. The molecule has 2 rings (SSSR count). The Morgan fingerprint density at radius 2 is 1.68 bits per heavy atom. The Labute approximate surface area is 199 Å². The first-order chi connectivity index (χ1) is 15.8. The van der Waals surface area contributed by atoms with Crippen LogP contribution < -0.4 is 15.8 Å². The molecule has 1 heterocycles. The molecule has 3 amide bonds. The molecule has 34 heavy (non-hydrogen) atoms. The largest absolute Gasteiger partial charge is 0.480 e. The number of aliphatic carboxylic acids is 1. The van der Waals surface area contributed by atoms with Crippen molar-refractivity contribution < 1.29 is 32.7 Å². The maximum atomic E-state index is 13.1. The van der Waals surface area contributed by atoms with Crippen LogP contribution in [0.2, 0.25) is 0 Å². The lowest BCUT2D eigenvalue weighted by Gasteiger charge is -2.35. The molecule has 0 saturated carbocycles. The highest BCUT2D eigenvalue weighted by Gasteiger charge is 2.35. The summed E-state index contributed by atoms with van der Waals surface area (Å²) in [5.74, 6) is -3.98. The summed E-state index contributed by atoms with van der Waals surface area (Å²) >= 11 is 0. The number of rotatable bonds is 10. The topological polar surface area (TPSA) is 176 Å². The minimum Gasteiger partial charge on any atom is -0.480 e. The standard InChI is InChI=1S/C22H32N4O7S/c1-13(2)19(25-34(32,33)16-6-4-14(3)5-7-16)21(29)26-10-8-15(9-11-26)20(28)24-17(22(30)31)12-18(23)27/h4-7,13,15,17,19,25H,8-12H2,1-3H3,(H2,23,27)(H,24,28)(H,30,31). The van der Waals surface area contributed by atoms with Crippen LogP contribution in [-0.4, -0.2) is 67.3 Å². The lowest BCUT2D eigenvalue weighted by Crippen LogP contribution is -2.54. The average molecular weight is 497 g/mol. The third-order valence-electron chi connectivity index (χ3n) is 5.74. The minimum atomic E-state index is -3.92. The van der Waals surface area contributed by atoms with Crippen molar-refractivity contribution in [3.8, 4) is 0 Å². The molecule has 0 spiro atoms. The number of likely N-dealkylation sites (tertiary alicyclic amines) is 1. The number of carboxylic acids is 1. The van der Waals surface area contributed by atoms with Crippen molar-refractivity contribution in [2.75, 3.05) is 13.1 Å². The van der Waals surface area contributed by atoms with E-state index in [-0.39, 0.29) is 42.7 Å². The van der Waals surface area contributed by atoms with Gasteiger partial charge in [0, 0.05) is 19.0 Å². The van der Waals surface area contributed by atoms with Crippen molar-refractivity contribution in [1.82, 2.24) is 14.9 Å². The van der Waals surface area contributed by atoms with Crippen molar-refractivity contribution >= 4 is 33.7 Å². The molecule has 2 atom stereocenters. The van der Waals surface area contributed by atoms with Gasteiger partial charge in [0.25, 0.3) is 0 Å². The van der Waals surface area contributed by atoms with Gasteiger partial charge in [-0.1, -0.05) is 31.5 Å². The number of primary amides is 1. The van der Waals surface area contributed by atoms with Gasteiger partial charge in [-0.3, -0.25) is 14.4 Å². The molecule has 1 fully saturated rings. The molecule has 1 aliphatic heterocycles. The number of amides is 3. The summed E-state index contributed by atoms with van der Waals surface area (Å²) in [6, 6.07) is 3.91. The Balaban J connectivity index is 2.01. The number of nitrogens with zero attached hydrogens (tertiary/aromatic N) is 1. The van der Waals surface area contributed by atoms with E-state index in [1.807, 2.05) is 6.92 Å². The van der Waals surface area contributed by atoms with Gasteiger partial charge in [-0.15, -0.1) is 0 Å². The van der Waals surface area contributed by atoms with Gasteiger partial charge >= 0.3 is 5.97 Å². The van der Waals surface area contributed by atoms with Gasteiger partial charge in [0.15, 0.2) is 0 Å². The van der Waals surface area contributed by atoms with Gasteiger partial charge in [-0.05, 0) is 37.8 Å². The molecule has 188 valence electrons. The van der Waals surface area contributed by atoms with E-state index in [1.165, 1.54) is 17.0 Å². The van der Waals surface area contributed by atoms with Crippen LogP contribution in [0.5, 0.6) is 0 Å². The average Bonchev–Trinajstić information content (AvgIpc) is 2.76. The van der Waals surface area contributed by atoms with Crippen molar-refractivity contribution in [3.05, 3.63) is 29.8 Å². The molecule has 1 aromatic rings. The van der Waals surface area contributed by atoms with Gasteiger partial charge in [0.1, 0.15) is 12.1 Å². The highest BCUT2D eigenvalue weighted by atomic mass is 32.2. The van der Waals surface area contributed by atoms with Gasteiger partial charge < -0.3 is 21.1 Å². The lowest BCUT2D eigenvalue weighted by atomic mass is 9.94. The van der Waals surface area contributed by atoms with Crippen molar-refractivity contribution in [2.45, 2.75) is 57.0 Å². The zero-order valence-corrected chi connectivity index (χ0v) is 20.3. The van der Waals surface area contributed by atoms with Crippen LogP contribution in [-0.2, 0) is 29.2 Å². The summed E-state index contributed by atoms with van der Waals surface area (Å²) in [5.41, 5.74) is 5.94. The second-order valence-corrected chi connectivity index (χ2v) is 10.5. The number of nitrogens with one attached hydrogen (secondary N) is 2. The number of nitrogens with two attached hydrogens (primary N) is 1. The van der Waals surface area contributed by atoms with E-state index in [1.54, 1.807) is 26.0 Å². The molecule has 0 radical (unpaired) electrons. The summed E-state index contributed by atoms with van der Waals surface area (Å²) < 4.78 is 28.1. The fraction of sp³-hybridized carbons (Fsp3) is 0.545. The molecule has 0 bridgehead atoms. The first-order valence-electron chi connectivity index (χ1n) is 11.0. The van der Waals surface area contributed by atoms with Crippen LogP contribution in [0.25, 0.3) is 0 Å². The fourth-order valence-electron chi connectivity index (χ4n) is 3.67. The predicted molar refractivity (Wildman–Crippen MR) is 123 cm³/mol. The first-order valence-corrected chi connectivity index (χ1v) is 12.5. The summed E-state index contributed by atoms with van der Waals surface area (Å²) in [5, 5.41) is 11.5. The van der Waals surface area contributed by atoms with Gasteiger partial charge in [-0.25, -0.2) is 13.2 Å². The van der Waals surface area contributed by atoms with Crippen molar-refractivity contribution in [1.29, 1.82) is 0 Å². The Morgan fingerprint density at radius 3 is 2.15 bits per heavy atom. The lowest BCUT2D eigenvalue weighted by molar-refractivity contribution is -0.144. The van der Waals surface area contributed by atoms with Crippen molar-refractivity contribution in [2.24, 2.45) is 17.6 Å². The van der Waals surface area contributed by atoms with Crippen molar-refractivity contribution in [3.63, 3.8) is 0 Å². The molecular weight excluding hydrogens is 464 g/mol. The van der Waals surface area contributed by atoms with E-state index >= 15 is 0 Å². The predicted octanol–water partition coefficient (Wildman–Crippen LogP) is -0.0187. The van der Waals surface area contributed by atoms with Crippen LogP contribution in [0, 0.1) is 18.8 Å². The number of hydrogen-bond donors (Lipinski definition) is 4. The van der Waals surface area contributed by atoms with Gasteiger partial charge in [0.05, 0.1) is 11.3 Å². The van der Waals surface area contributed by atoms with Crippen LogP contribution in [0.3, 0.4) is 0 Å². The Morgan fingerprint density at radius 1 is 1.12 bits per heavy atom. The maximum absolute atomic E-state index is 13.1.